The van der Waals surface area contributed by atoms with Gasteiger partial charge in [-0.25, -0.2) is 18.2 Å². The summed E-state index contributed by atoms with van der Waals surface area (Å²) in [6.45, 7) is -0.473. The molecule has 3 aromatic rings. The summed E-state index contributed by atoms with van der Waals surface area (Å²) in [6, 6.07) is 15.5. The molecule has 4 rings (SSSR count). The van der Waals surface area contributed by atoms with Crippen molar-refractivity contribution >= 4 is 44.2 Å². The van der Waals surface area contributed by atoms with Crippen LogP contribution >= 0.6 is 11.6 Å². The molecule has 1 aliphatic rings. The number of ether oxygens (including phenoxy) is 1. The Bertz CT molecular complexity index is 1290. The normalized spacial score (nSPS) is 17.2. The number of likely N-dealkylation sites (N-methyl/N-ethyl adjacent to an activating group) is 1. The molecule has 0 N–H and O–H groups in total. The minimum atomic E-state index is -3.12. The summed E-state index contributed by atoms with van der Waals surface area (Å²) in [6.07, 6.45) is 0.387. The number of aromatic nitrogens is 1. The second kappa shape index (κ2) is 8.88. The number of rotatable bonds is 5. The highest BCUT2D eigenvalue weighted by Crippen LogP contribution is 2.26. The number of nitrogens with zero attached hydrogens (tertiary/aromatic N) is 2. The lowest BCUT2D eigenvalue weighted by Crippen LogP contribution is -2.40. The number of esters is 1. The van der Waals surface area contributed by atoms with Crippen LogP contribution in [0.3, 0.4) is 0 Å². The number of amides is 1. The summed E-state index contributed by atoms with van der Waals surface area (Å²) < 4.78 is 28.7. The fraction of sp³-hybridized carbons (Fsp3) is 0.261. The molecule has 2 heterocycles. The number of benzene rings is 2. The number of halogens is 1. The van der Waals surface area contributed by atoms with Crippen molar-refractivity contribution < 1.29 is 22.7 Å². The summed E-state index contributed by atoms with van der Waals surface area (Å²) in [5.74, 6) is -1.11. The highest BCUT2D eigenvalue weighted by molar-refractivity contribution is 7.91. The van der Waals surface area contributed by atoms with Crippen molar-refractivity contribution in [1.82, 2.24) is 9.88 Å². The van der Waals surface area contributed by atoms with E-state index in [-0.39, 0.29) is 11.5 Å². The molecule has 0 radical (unpaired) electrons. The van der Waals surface area contributed by atoms with Crippen molar-refractivity contribution in [1.29, 1.82) is 0 Å². The first-order valence-electron chi connectivity index (χ1n) is 10.0. The first-order valence-corrected chi connectivity index (χ1v) is 12.2. The van der Waals surface area contributed by atoms with E-state index in [1.54, 1.807) is 36.4 Å². The molecule has 0 aliphatic carbocycles. The van der Waals surface area contributed by atoms with Crippen molar-refractivity contribution in [3.63, 3.8) is 0 Å². The minimum absolute atomic E-state index is 0.0611. The van der Waals surface area contributed by atoms with E-state index in [0.717, 1.165) is 5.56 Å². The number of hydrogen-bond acceptors (Lipinski definition) is 6. The lowest BCUT2D eigenvalue weighted by Gasteiger charge is -2.23. The van der Waals surface area contributed by atoms with Gasteiger partial charge in [0.25, 0.3) is 5.91 Å². The molecule has 2 aromatic carbocycles. The van der Waals surface area contributed by atoms with Crippen LogP contribution < -0.4 is 0 Å². The average Bonchev–Trinajstić information content (AvgIpc) is 3.16. The number of hydrogen-bond donors (Lipinski definition) is 0. The van der Waals surface area contributed by atoms with Crippen LogP contribution in [0.4, 0.5) is 0 Å². The second-order valence-electron chi connectivity index (χ2n) is 7.72. The van der Waals surface area contributed by atoms with Gasteiger partial charge in [0.2, 0.25) is 0 Å². The van der Waals surface area contributed by atoms with E-state index >= 15 is 0 Å². The third-order valence-corrected chi connectivity index (χ3v) is 7.55. The van der Waals surface area contributed by atoms with Crippen LogP contribution in [0.15, 0.2) is 54.6 Å². The van der Waals surface area contributed by atoms with E-state index in [1.165, 1.54) is 11.9 Å². The SMILES string of the molecule is CN(C(=O)COC(=O)c1cc(-c2ccc(Cl)cc2)nc2ccccc12)[C@H]1CCS(=O)(=O)C1. The lowest BCUT2D eigenvalue weighted by molar-refractivity contribution is -0.134. The van der Waals surface area contributed by atoms with Gasteiger partial charge < -0.3 is 9.64 Å². The molecule has 1 atom stereocenters. The van der Waals surface area contributed by atoms with Crippen molar-refractivity contribution in [3.05, 3.63) is 65.2 Å². The average molecular weight is 473 g/mol. The maximum Gasteiger partial charge on any atom is 0.339 e. The van der Waals surface area contributed by atoms with Crippen molar-refractivity contribution in [2.45, 2.75) is 12.5 Å². The first kappa shape index (κ1) is 22.2. The number of fused-ring (bicyclic) bond motifs is 1. The van der Waals surface area contributed by atoms with Gasteiger partial charge in [-0.1, -0.05) is 41.9 Å². The van der Waals surface area contributed by atoms with E-state index in [2.05, 4.69) is 4.98 Å². The summed E-state index contributed by atoms with van der Waals surface area (Å²) in [4.78, 5) is 31.4. The molecule has 0 spiro atoms. The zero-order valence-corrected chi connectivity index (χ0v) is 18.9. The molecule has 9 heteroatoms. The molecule has 0 unspecified atom stereocenters. The zero-order valence-electron chi connectivity index (χ0n) is 17.3. The van der Waals surface area contributed by atoms with Crippen molar-refractivity contribution in [2.75, 3.05) is 25.2 Å². The zero-order chi connectivity index (χ0) is 22.9. The van der Waals surface area contributed by atoms with Gasteiger partial charge in [-0.3, -0.25) is 4.79 Å². The Morgan fingerprint density at radius 2 is 1.88 bits per heavy atom. The van der Waals surface area contributed by atoms with Crippen molar-refractivity contribution in [3.8, 4) is 11.3 Å². The molecule has 1 amide bonds. The van der Waals surface area contributed by atoms with Crippen LogP contribution in [0, 0.1) is 0 Å². The number of carbonyl (C=O) groups excluding carboxylic acids is 2. The topological polar surface area (TPSA) is 93.6 Å². The highest BCUT2D eigenvalue weighted by Gasteiger charge is 2.33. The van der Waals surface area contributed by atoms with Gasteiger partial charge in [0, 0.05) is 29.1 Å². The highest BCUT2D eigenvalue weighted by atomic mass is 35.5. The van der Waals surface area contributed by atoms with Gasteiger partial charge in [-0.2, -0.15) is 0 Å². The Morgan fingerprint density at radius 3 is 2.56 bits per heavy atom. The molecule has 1 saturated heterocycles. The molecular weight excluding hydrogens is 452 g/mol. The molecule has 0 saturated carbocycles. The van der Waals surface area contributed by atoms with E-state index in [1.807, 2.05) is 18.2 Å². The monoisotopic (exact) mass is 472 g/mol. The number of pyridine rings is 1. The third kappa shape index (κ3) is 4.76. The van der Waals surface area contributed by atoms with Gasteiger partial charge in [-0.15, -0.1) is 0 Å². The Morgan fingerprint density at radius 1 is 1.16 bits per heavy atom. The largest absolute Gasteiger partial charge is 0.452 e. The Balaban J connectivity index is 1.55. The Kier molecular flexibility index (Phi) is 6.17. The molecule has 7 nitrogen and oxygen atoms in total. The van der Waals surface area contributed by atoms with Gasteiger partial charge in [0.05, 0.1) is 28.3 Å². The third-order valence-electron chi connectivity index (χ3n) is 5.55. The summed E-state index contributed by atoms with van der Waals surface area (Å²) in [5, 5.41) is 1.20. The molecule has 0 bridgehead atoms. The van der Waals surface area contributed by atoms with Gasteiger partial charge in [0.1, 0.15) is 0 Å². The predicted molar refractivity (Wildman–Crippen MR) is 122 cm³/mol. The number of sulfone groups is 1. The molecule has 1 aliphatic heterocycles. The molecule has 1 fully saturated rings. The predicted octanol–water partition coefficient (Wildman–Crippen LogP) is 3.36. The molecular formula is C23H21ClN2O5S. The molecule has 166 valence electrons. The Labute approximate surface area is 190 Å². The second-order valence-corrected chi connectivity index (χ2v) is 10.4. The number of para-hydroxylation sites is 1. The molecule has 1 aromatic heterocycles. The van der Waals surface area contributed by atoms with E-state index in [0.29, 0.717) is 33.6 Å². The lowest BCUT2D eigenvalue weighted by atomic mass is 10.0. The van der Waals surface area contributed by atoms with Crippen LogP contribution in [0.2, 0.25) is 5.02 Å². The van der Waals surface area contributed by atoms with Gasteiger partial charge >= 0.3 is 5.97 Å². The molecule has 32 heavy (non-hydrogen) atoms. The fourth-order valence-electron chi connectivity index (χ4n) is 3.70. The number of carbonyl (C=O) groups is 2. The summed E-state index contributed by atoms with van der Waals surface area (Å²) in [7, 11) is -1.59. The van der Waals surface area contributed by atoms with Crippen LogP contribution in [-0.4, -0.2) is 61.4 Å². The van der Waals surface area contributed by atoms with Crippen molar-refractivity contribution in [2.24, 2.45) is 0 Å². The van der Waals surface area contributed by atoms with Crippen LogP contribution in [-0.2, 0) is 19.4 Å². The van der Waals surface area contributed by atoms with E-state index in [9.17, 15) is 18.0 Å². The van der Waals surface area contributed by atoms with Crippen LogP contribution in [0.25, 0.3) is 22.2 Å². The van der Waals surface area contributed by atoms with Gasteiger partial charge in [-0.05, 0) is 30.7 Å². The summed E-state index contributed by atoms with van der Waals surface area (Å²) in [5.41, 5.74) is 2.27. The van der Waals surface area contributed by atoms with E-state index in [4.69, 9.17) is 16.3 Å². The quantitative estimate of drug-likeness (QED) is 0.528. The maximum absolute atomic E-state index is 12.9. The summed E-state index contributed by atoms with van der Waals surface area (Å²) >= 11 is 5.97. The first-order chi connectivity index (χ1) is 15.2. The van der Waals surface area contributed by atoms with Crippen LogP contribution in [0.5, 0.6) is 0 Å². The fourth-order valence-corrected chi connectivity index (χ4v) is 5.60. The Hall–Kier alpha value is -2.97. The minimum Gasteiger partial charge on any atom is -0.452 e. The standard InChI is InChI=1S/C23H21ClN2O5S/c1-26(17-10-11-32(29,30)14-17)22(27)13-31-23(28)19-12-21(15-6-8-16(24)9-7-15)25-20-5-3-2-4-18(19)20/h2-9,12,17H,10-11,13-14H2,1H3/t17-/m0/s1. The van der Waals surface area contributed by atoms with E-state index < -0.39 is 34.4 Å². The van der Waals surface area contributed by atoms with Crippen LogP contribution in [0.1, 0.15) is 16.8 Å². The smallest absolute Gasteiger partial charge is 0.339 e. The maximum atomic E-state index is 12.9. The van der Waals surface area contributed by atoms with Gasteiger partial charge in [0.15, 0.2) is 16.4 Å².